The predicted octanol–water partition coefficient (Wildman–Crippen LogP) is 3.58. The van der Waals surface area contributed by atoms with E-state index in [1.54, 1.807) is 17.7 Å². The number of thiophene rings is 1. The van der Waals surface area contributed by atoms with Crippen molar-refractivity contribution in [1.29, 1.82) is 0 Å². The quantitative estimate of drug-likeness (QED) is 0.779. The molecule has 0 saturated heterocycles. The summed E-state index contributed by atoms with van der Waals surface area (Å²) in [6.07, 6.45) is 2.41. The molecule has 2 aromatic heterocycles. The van der Waals surface area contributed by atoms with Crippen LogP contribution < -0.4 is 10.5 Å². The first-order valence-corrected chi connectivity index (χ1v) is 8.31. The monoisotopic (exact) mass is 331 g/mol. The third-order valence-electron chi connectivity index (χ3n) is 3.92. The van der Waals surface area contributed by atoms with Gasteiger partial charge < -0.3 is 10.5 Å². The molecule has 3 aromatic rings. The molecule has 0 fully saturated rings. The van der Waals surface area contributed by atoms with Crippen LogP contribution in [0, 0.1) is 6.92 Å². The molecule has 0 bridgehead atoms. The van der Waals surface area contributed by atoms with Crippen molar-refractivity contribution < 1.29 is 4.74 Å². The minimum absolute atomic E-state index is 0.0113. The van der Waals surface area contributed by atoms with Crippen LogP contribution in [0.3, 0.4) is 0 Å². The topological polar surface area (TPSA) is 61.0 Å². The summed E-state index contributed by atoms with van der Waals surface area (Å²) < 4.78 is 6.87. The number of aryl methyl sites for hydroxylation is 1. The van der Waals surface area contributed by atoms with Crippen molar-refractivity contribution in [3.63, 3.8) is 0 Å². The number of halogens is 1. The van der Waals surface area contributed by atoms with Crippen molar-refractivity contribution in [2.75, 3.05) is 6.54 Å². The fourth-order valence-electron chi connectivity index (χ4n) is 2.83. The molecule has 1 aromatic carbocycles. The van der Waals surface area contributed by atoms with Crippen molar-refractivity contribution in [3.8, 4) is 17.0 Å². The van der Waals surface area contributed by atoms with Crippen molar-refractivity contribution in [3.05, 3.63) is 40.0 Å². The van der Waals surface area contributed by atoms with E-state index in [0.717, 1.165) is 39.2 Å². The minimum atomic E-state index is 0.0113. The van der Waals surface area contributed by atoms with E-state index >= 15 is 0 Å². The van der Waals surface area contributed by atoms with Gasteiger partial charge in [0.25, 0.3) is 0 Å². The molecule has 6 heteroatoms. The standard InChI is InChI=1S/C16H14ClN3OS/c1-8-6-22-16-13(8)19-7-20-14(16)9-2-10-3-11(5-18)21-15(10)12(17)4-9/h2,4,6-7,11H,3,5,18H2,1H3. The van der Waals surface area contributed by atoms with Crippen LogP contribution in [-0.4, -0.2) is 22.6 Å². The maximum Gasteiger partial charge on any atom is 0.141 e. The van der Waals surface area contributed by atoms with Crippen LogP contribution in [0.4, 0.5) is 0 Å². The Hall–Kier alpha value is -1.69. The lowest BCUT2D eigenvalue weighted by atomic mass is 10.0. The Kier molecular flexibility index (Phi) is 3.29. The third-order valence-corrected chi connectivity index (χ3v) is 5.29. The molecule has 4 rings (SSSR count). The highest BCUT2D eigenvalue weighted by Crippen LogP contribution is 2.41. The van der Waals surface area contributed by atoms with Crippen LogP contribution >= 0.6 is 22.9 Å². The van der Waals surface area contributed by atoms with Crippen LogP contribution in [0.5, 0.6) is 5.75 Å². The van der Waals surface area contributed by atoms with Gasteiger partial charge in [-0.05, 0) is 30.0 Å². The Morgan fingerprint density at radius 2 is 2.27 bits per heavy atom. The normalized spacial score (nSPS) is 16.8. The molecule has 1 atom stereocenters. The van der Waals surface area contributed by atoms with Gasteiger partial charge in [-0.25, -0.2) is 9.97 Å². The highest BCUT2D eigenvalue weighted by molar-refractivity contribution is 7.17. The molecule has 1 aliphatic heterocycles. The van der Waals surface area contributed by atoms with E-state index in [4.69, 9.17) is 22.1 Å². The number of fused-ring (bicyclic) bond motifs is 2. The van der Waals surface area contributed by atoms with E-state index in [0.29, 0.717) is 11.6 Å². The van der Waals surface area contributed by atoms with E-state index in [1.165, 1.54) is 5.56 Å². The summed E-state index contributed by atoms with van der Waals surface area (Å²) in [5, 5.41) is 2.72. The number of hydrogen-bond acceptors (Lipinski definition) is 5. The van der Waals surface area contributed by atoms with Crippen molar-refractivity contribution in [1.82, 2.24) is 9.97 Å². The molecule has 0 saturated carbocycles. The Bertz CT molecular complexity index is 877. The second kappa shape index (κ2) is 5.19. The lowest BCUT2D eigenvalue weighted by Gasteiger charge is -2.08. The number of nitrogens with zero attached hydrogens (tertiary/aromatic N) is 2. The summed E-state index contributed by atoms with van der Waals surface area (Å²) in [7, 11) is 0. The molecule has 1 unspecified atom stereocenters. The lowest BCUT2D eigenvalue weighted by molar-refractivity contribution is 0.241. The van der Waals surface area contributed by atoms with Crippen LogP contribution in [0.2, 0.25) is 5.02 Å². The largest absolute Gasteiger partial charge is 0.487 e. The molecule has 1 aliphatic rings. The molecular weight excluding hydrogens is 318 g/mol. The Morgan fingerprint density at radius 3 is 3.09 bits per heavy atom. The summed E-state index contributed by atoms with van der Waals surface area (Å²) >= 11 is 8.06. The molecule has 0 amide bonds. The second-order valence-electron chi connectivity index (χ2n) is 5.44. The van der Waals surface area contributed by atoms with E-state index in [2.05, 4.69) is 28.3 Å². The van der Waals surface area contributed by atoms with Crippen molar-refractivity contribution >= 4 is 33.2 Å². The number of ether oxygens (including phenoxy) is 1. The zero-order valence-corrected chi connectivity index (χ0v) is 13.5. The van der Waals surface area contributed by atoms with Crippen LogP contribution in [0.15, 0.2) is 23.8 Å². The zero-order chi connectivity index (χ0) is 15.3. The molecule has 4 nitrogen and oxygen atoms in total. The van der Waals surface area contributed by atoms with Crippen molar-refractivity contribution in [2.24, 2.45) is 5.73 Å². The summed E-state index contributed by atoms with van der Waals surface area (Å²) in [4.78, 5) is 8.84. The number of benzene rings is 1. The Balaban J connectivity index is 1.88. The summed E-state index contributed by atoms with van der Waals surface area (Å²) in [6, 6.07) is 4.02. The average molecular weight is 332 g/mol. The van der Waals surface area contributed by atoms with Gasteiger partial charge in [-0.2, -0.15) is 0 Å². The Labute approximate surface area is 136 Å². The van der Waals surface area contributed by atoms with E-state index in [9.17, 15) is 0 Å². The van der Waals surface area contributed by atoms with Gasteiger partial charge in [0.05, 0.1) is 20.9 Å². The first kappa shape index (κ1) is 13.9. The van der Waals surface area contributed by atoms with Gasteiger partial charge in [-0.3, -0.25) is 0 Å². The van der Waals surface area contributed by atoms with Crippen LogP contribution in [0.1, 0.15) is 11.1 Å². The lowest BCUT2D eigenvalue weighted by Crippen LogP contribution is -2.24. The third kappa shape index (κ3) is 2.08. The number of rotatable bonds is 2. The van der Waals surface area contributed by atoms with Crippen molar-refractivity contribution in [2.45, 2.75) is 19.4 Å². The molecule has 0 aliphatic carbocycles. The maximum atomic E-state index is 6.40. The molecule has 22 heavy (non-hydrogen) atoms. The minimum Gasteiger partial charge on any atom is -0.487 e. The summed E-state index contributed by atoms with van der Waals surface area (Å²) in [5.74, 6) is 0.758. The molecule has 0 spiro atoms. The van der Waals surface area contributed by atoms with Gasteiger partial charge in [0.1, 0.15) is 18.2 Å². The zero-order valence-electron chi connectivity index (χ0n) is 12.0. The van der Waals surface area contributed by atoms with Gasteiger partial charge in [-0.15, -0.1) is 11.3 Å². The number of aromatic nitrogens is 2. The molecule has 3 heterocycles. The van der Waals surface area contributed by atoms with Gasteiger partial charge >= 0.3 is 0 Å². The van der Waals surface area contributed by atoms with Crippen LogP contribution in [0.25, 0.3) is 21.5 Å². The van der Waals surface area contributed by atoms with E-state index in [1.807, 2.05) is 6.07 Å². The SMILES string of the molecule is Cc1csc2c(-c3cc(Cl)c4c(c3)CC(CN)O4)ncnc12. The second-order valence-corrected chi connectivity index (χ2v) is 6.73. The smallest absolute Gasteiger partial charge is 0.141 e. The Morgan fingerprint density at radius 1 is 1.41 bits per heavy atom. The first-order valence-electron chi connectivity index (χ1n) is 7.05. The summed E-state index contributed by atoms with van der Waals surface area (Å²) in [6.45, 7) is 2.55. The van der Waals surface area contributed by atoms with Gasteiger partial charge in [0.2, 0.25) is 0 Å². The number of hydrogen-bond donors (Lipinski definition) is 1. The van der Waals surface area contributed by atoms with E-state index in [-0.39, 0.29) is 6.10 Å². The predicted molar refractivity (Wildman–Crippen MR) is 89.8 cm³/mol. The van der Waals surface area contributed by atoms with Crippen LogP contribution in [-0.2, 0) is 6.42 Å². The highest BCUT2D eigenvalue weighted by Gasteiger charge is 2.25. The number of nitrogens with two attached hydrogens (primary N) is 1. The first-order chi connectivity index (χ1) is 10.7. The molecular formula is C16H14ClN3OS. The molecule has 112 valence electrons. The van der Waals surface area contributed by atoms with Gasteiger partial charge in [0.15, 0.2) is 0 Å². The molecule has 0 radical (unpaired) electrons. The van der Waals surface area contributed by atoms with Gasteiger partial charge in [-0.1, -0.05) is 11.6 Å². The fourth-order valence-corrected chi connectivity index (χ4v) is 4.13. The highest BCUT2D eigenvalue weighted by atomic mass is 35.5. The maximum absolute atomic E-state index is 6.40. The van der Waals surface area contributed by atoms with E-state index < -0.39 is 0 Å². The average Bonchev–Trinajstić information content (AvgIpc) is 3.11. The fraction of sp³-hybridized carbons (Fsp3) is 0.250. The van der Waals surface area contributed by atoms with Gasteiger partial charge in [0, 0.05) is 24.1 Å². The summed E-state index contributed by atoms with van der Waals surface area (Å²) in [5.41, 5.74) is 10.9. The molecule has 2 N–H and O–H groups in total.